The fourth-order valence-corrected chi connectivity index (χ4v) is 2.56. The fourth-order valence-electron chi connectivity index (χ4n) is 1.79. The number of carbonyl (C=O) groups excluding carboxylic acids is 2. The zero-order chi connectivity index (χ0) is 17.4. The van der Waals surface area contributed by atoms with Crippen LogP contribution in [-0.4, -0.2) is 24.7 Å². The molecular weight excluding hydrogens is 437 g/mol. The van der Waals surface area contributed by atoms with Crippen molar-refractivity contribution >= 4 is 58.0 Å². The average Bonchev–Trinajstić information content (AvgIpc) is 2.60. The molecule has 0 saturated carbocycles. The number of thioether (sulfide) groups is 1. The maximum atomic E-state index is 11.7. The summed E-state index contributed by atoms with van der Waals surface area (Å²) in [7, 11) is 0. The lowest BCUT2D eigenvalue weighted by atomic mass is 10.2. The zero-order valence-electron chi connectivity index (χ0n) is 13.0. The molecule has 6 heteroatoms. The molecule has 0 aliphatic heterocycles. The van der Waals surface area contributed by atoms with Crippen molar-refractivity contribution in [3.05, 3.63) is 63.7 Å². The second kappa shape index (κ2) is 9.48. The van der Waals surface area contributed by atoms with Crippen LogP contribution in [0.5, 0.6) is 0 Å². The highest BCUT2D eigenvalue weighted by molar-refractivity contribution is 14.1. The second-order valence-corrected chi connectivity index (χ2v) is 6.89. The van der Waals surface area contributed by atoms with Crippen LogP contribution in [0.2, 0.25) is 0 Å². The van der Waals surface area contributed by atoms with Crippen LogP contribution < -0.4 is 5.32 Å². The Morgan fingerprint density at radius 1 is 1.12 bits per heavy atom. The van der Waals surface area contributed by atoms with E-state index in [9.17, 15) is 9.59 Å². The van der Waals surface area contributed by atoms with Gasteiger partial charge in [-0.2, -0.15) is 0 Å². The lowest BCUT2D eigenvalue weighted by Crippen LogP contribution is -2.20. The number of hydrogen-bond donors (Lipinski definition) is 1. The van der Waals surface area contributed by atoms with Gasteiger partial charge in [-0.25, -0.2) is 4.79 Å². The summed E-state index contributed by atoms with van der Waals surface area (Å²) in [4.78, 5) is 24.5. The number of amides is 1. The topological polar surface area (TPSA) is 55.4 Å². The van der Waals surface area contributed by atoms with Gasteiger partial charge in [0.1, 0.15) is 0 Å². The van der Waals surface area contributed by atoms with Crippen molar-refractivity contribution in [1.29, 1.82) is 0 Å². The molecule has 0 aliphatic carbocycles. The molecule has 1 N–H and O–H groups in total. The van der Waals surface area contributed by atoms with Crippen molar-refractivity contribution < 1.29 is 14.3 Å². The summed E-state index contributed by atoms with van der Waals surface area (Å²) in [5, 5.41) is 2.67. The quantitative estimate of drug-likeness (QED) is 0.308. The van der Waals surface area contributed by atoms with E-state index in [1.807, 2.05) is 42.7 Å². The molecule has 0 bridgehead atoms. The zero-order valence-corrected chi connectivity index (χ0v) is 16.0. The summed E-state index contributed by atoms with van der Waals surface area (Å²) in [5.41, 5.74) is 1.56. The lowest BCUT2D eigenvalue weighted by molar-refractivity contribution is -0.142. The number of rotatable bonds is 6. The minimum absolute atomic E-state index is 0.319. The van der Waals surface area contributed by atoms with E-state index in [0.717, 1.165) is 14.0 Å². The minimum Gasteiger partial charge on any atom is -0.452 e. The van der Waals surface area contributed by atoms with Crippen LogP contribution in [0.15, 0.2) is 59.5 Å². The molecule has 124 valence electrons. The van der Waals surface area contributed by atoms with E-state index in [1.165, 1.54) is 6.08 Å². The van der Waals surface area contributed by atoms with Crippen LogP contribution in [0, 0.1) is 3.57 Å². The van der Waals surface area contributed by atoms with Gasteiger partial charge in [0.05, 0.1) is 0 Å². The molecule has 0 aromatic heterocycles. The summed E-state index contributed by atoms with van der Waals surface area (Å²) in [5.74, 6) is -0.927. The van der Waals surface area contributed by atoms with E-state index in [1.54, 1.807) is 30.0 Å². The Morgan fingerprint density at radius 3 is 2.42 bits per heavy atom. The Bertz CT molecular complexity index is 727. The molecule has 2 rings (SSSR count). The summed E-state index contributed by atoms with van der Waals surface area (Å²) in [6.45, 7) is -0.319. The molecule has 0 aliphatic rings. The van der Waals surface area contributed by atoms with Crippen LogP contribution >= 0.6 is 34.4 Å². The second-order valence-electron chi connectivity index (χ2n) is 4.77. The molecule has 4 nitrogen and oxygen atoms in total. The number of halogens is 1. The summed E-state index contributed by atoms with van der Waals surface area (Å²) >= 11 is 3.84. The van der Waals surface area contributed by atoms with E-state index < -0.39 is 5.97 Å². The van der Waals surface area contributed by atoms with Crippen LogP contribution in [0.25, 0.3) is 6.08 Å². The molecule has 2 aromatic carbocycles. The Hall–Kier alpha value is -1.80. The van der Waals surface area contributed by atoms with E-state index in [0.29, 0.717) is 5.69 Å². The minimum atomic E-state index is -0.554. The van der Waals surface area contributed by atoms with Crippen LogP contribution in [-0.2, 0) is 14.3 Å². The number of anilines is 1. The third kappa shape index (κ3) is 6.37. The van der Waals surface area contributed by atoms with Crippen molar-refractivity contribution in [3.63, 3.8) is 0 Å². The van der Waals surface area contributed by atoms with Gasteiger partial charge in [0.25, 0.3) is 5.91 Å². The highest BCUT2D eigenvalue weighted by Crippen LogP contribution is 2.15. The third-order valence-corrected chi connectivity index (χ3v) is 4.46. The van der Waals surface area contributed by atoms with Gasteiger partial charge < -0.3 is 10.1 Å². The first-order chi connectivity index (χ1) is 11.6. The number of carbonyl (C=O) groups is 2. The summed E-state index contributed by atoms with van der Waals surface area (Å²) in [6.07, 6.45) is 4.97. The number of nitrogens with one attached hydrogen (secondary N) is 1. The lowest BCUT2D eigenvalue weighted by Gasteiger charge is -2.05. The van der Waals surface area contributed by atoms with Gasteiger partial charge in [0.2, 0.25) is 0 Å². The first-order valence-corrected chi connectivity index (χ1v) is 9.41. The number of esters is 1. The maximum Gasteiger partial charge on any atom is 0.331 e. The van der Waals surface area contributed by atoms with Crippen molar-refractivity contribution in [2.24, 2.45) is 0 Å². The number of ether oxygens (including phenoxy) is 1. The summed E-state index contributed by atoms with van der Waals surface area (Å²) < 4.78 is 6.00. The van der Waals surface area contributed by atoms with Crippen LogP contribution in [0.1, 0.15) is 5.56 Å². The SMILES string of the molecule is CSc1ccc(C=CC(=O)OCC(=O)Nc2ccc(I)cc2)cc1. The molecule has 0 saturated heterocycles. The molecule has 0 radical (unpaired) electrons. The molecule has 0 heterocycles. The molecule has 0 unspecified atom stereocenters. The van der Waals surface area contributed by atoms with Crippen LogP contribution in [0.4, 0.5) is 5.69 Å². The fraction of sp³-hybridized carbons (Fsp3) is 0.111. The smallest absolute Gasteiger partial charge is 0.331 e. The normalized spacial score (nSPS) is 10.6. The molecular formula is C18H16INO3S. The number of benzene rings is 2. The predicted molar refractivity (Wildman–Crippen MR) is 106 cm³/mol. The molecule has 2 aromatic rings. The van der Waals surface area contributed by atoms with Gasteiger partial charge >= 0.3 is 5.97 Å². The molecule has 0 spiro atoms. The number of hydrogen-bond acceptors (Lipinski definition) is 4. The van der Waals surface area contributed by atoms with Crippen molar-refractivity contribution in [3.8, 4) is 0 Å². The highest BCUT2D eigenvalue weighted by Gasteiger charge is 2.05. The molecule has 1 amide bonds. The first kappa shape index (κ1) is 18.5. The first-order valence-electron chi connectivity index (χ1n) is 7.11. The van der Waals surface area contributed by atoms with Gasteiger partial charge in [0, 0.05) is 20.2 Å². The van der Waals surface area contributed by atoms with E-state index in [2.05, 4.69) is 27.9 Å². The van der Waals surface area contributed by atoms with Crippen LogP contribution in [0.3, 0.4) is 0 Å². The van der Waals surface area contributed by atoms with Gasteiger partial charge in [-0.15, -0.1) is 11.8 Å². The summed E-state index contributed by atoms with van der Waals surface area (Å²) in [6, 6.07) is 15.1. The Balaban J connectivity index is 1.78. The van der Waals surface area contributed by atoms with Crippen molar-refractivity contribution in [1.82, 2.24) is 0 Å². The molecule has 24 heavy (non-hydrogen) atoms. The van der Waals surface area contributed by atoms with E-state index in [-0.39, 0.29) is 12.5 Å². The third-order valence-electron chi connectivity index (χ3n) is 3.00. The molecule has 0 fully saturated rings. The van der Waals surface area contributed by atoms with Crippen molar-refractivity contribution in [2.45, 2.75) is 4.90 Å². The molecule has 0 atom stereocenters. The van der Waals surface area contributed by atoms with Gasteiger partial charge in [0.15, 0.2) is 6.61 Å². The Morgan fingerprint density at radius 2 is 1.79 bits per heavy atom. The van der Waals surface area contributed by atoms with E-state index >= 15 is 0 Å². The highest BCUT2D eigenvalue weighted by atomic mass is 127. The standard InChI is InChI=1S/C18H16INO3S/c1-24-16-9-2-13(3-10-16)4-11-18(22)23-12-17(21)20-15-7-5-14(19)6-8-15/h2-11H,12H2,1H3,(H,20,21). The van der Waals surface area contributed by atoms with Gasteiger partial charge in [-0.05, 0) is 76.9 Å². The van der Waals surface area contributed by atoms with Gasteiger partial charge in [-0.1, -0.05) is 12.1 Å². The van der Waals surface area contributed by atoms with Crippen molar-refractivity contribution in [2.75, 3.05) is 18.2 Å². The largest absolute Gasteiger partial charge is 0.452 e. The Labute approximate surface area is 158 Å². The Kier molecular flexibility index (Phi) is 7.33. The van der Waals surface area contributed by atoms with Gasteiger partial charge in [-0.3, -0.25) is 4.79 Å². The average molecular weight is 453 g/mol. The monoisotopic (exact) mass is 453 g/mol. The predicted octanol–water partition coefficient (Wildman–Crippen LogP) is 4.21. The van der Waals surface area contributed by atoms with E-state index in [4.69, 9.17) is 4.74 Å². The maximum absolute atomic E-state index is 11.7.